The minimum Gasteiger partial charge on any atom is -0.442 e. The molecule has 9 heteroatoms. The van der Waals surface area contributed by atoms with Gasteiger partial charge in [-0.05, 0) is 36.0 Å². The van der Waals surface area contributed by atoms with Crippen molar-refractivity contribution in [3.8, 4) is 0 Å². The number of allylic oxidation sites excluding steroid dienone is 2. The molecule has 148 valence electrons. The van der Waals surface area contributed by atoms with Gasteiger partial charge in [0.2, 0.25) is 5.91 Å². The smallest absolute Gasteiger partial charge is 0.414 e. The van der Waals surface area contributed by atoms with E-state index in [-0.39, 0.29) is 48.0 Å². The number of cyclic esters (lactones) is 1. The van der Waals surface area contributed by atoms with Crippen LogP contribution in [0.25, 0.3) is 5.57 Å². The topological polar surface area (TPSA) is 91.2 Å². The predicted molar refractivity (Wildman–Crippen MR) is 96.0 cm³/mol. The highest BCUT2D eigenvalue weighted by Crippen LogP contribution is 2.57. The van der Waals surface area contributed by atoms with E-state index < -0.39 is 23.8 Å². The van der Waals surface area contributed by atoms with Crippen molar-refractivity contribution < 1.29 is 28.3 Å². The van der Waals surface area contributed by atoms with Crippen LogP contribution in [-0.2, 0) is 9.53 Å². The number of hydrogen-bond acceptors (Lipinski definition) is 5. The summed E-state index contributed by atoms with van der Waals surface area (Å²) in [4.78, 5) is 24.2. The summed E-state index contributed by atoms with van der Waals surface area (Å²) in [7, 11) is 0. The summed E-state index contributed by atoms with van der Waals surface area (Å²) in [5.41, 5.74) is 0.577. The first kappa shape index (κ1) is 18.4. The molecule has 3 aliphatic rings. The SMILES string of the molecule is CC(=O)NC[C@H]1CN(c2cc(F)c(C3=CC4C(C=NO)C4C3)c(F)c2)C(=O)O1. The Balaban J connectivity index is 1.51. The molecule has 2 fully saturated rings. The molecule has 1 saturated carbocycles. The van der Waals surface area contributed by atoms with Crippen LogP contribution in [0, 0.1) is 29.4 Å². The summed E-state index contributed by atoms with van der Waals surface area (Å²) in [5.74, 6) is -1.26. The van der Waals surface area contributed by atoms with E-state index in [9.17, 15) is 18.4 Å². The Labute approximate surface area is 159 Å². The van der Waals surface area contributed by atoms with Gasteiger partial charge in [0.25, 0.3) is 0 Å². The molecule has 2 N–H and O–H groups in total. The first-order valence-corrected chi connectivity index (χ1v) is 8.99. The zero-order valence-electron chi connectivity index (χ0n) is 15.1. The summed E-state index contributed by atoms with van der Waals surface area (Å²) in [5, 5.41) is 14.2. The fourth-order valence-electron chi connectivity index (χ4n) is 4.08. The van der Waals surface area contributed by atoms with Gasteiger partial charge in [0, 0.05) is 24.6 Å². The molecule has 1 heterocycles. The van der Waals surface area contributed by atoms with Gasteiger partial charge in [0.15, 0.2) is 0 Å². The summed E-state index contributed by atoms with van der Waals surface area (Å²) in [6.45, 7) is 1.57. The van der Waals surface area contributed by atoms with Crippen molar-refractivity contribution in [3.05, 3.63) is 35.4 Å². The highest BCUT2D eigenvalue weighted by molar-refractivity contribution is 5.90. The fraction of sp³-hybridized carbons (Fsp3) is 0.421. The zero-order valence-corrected chi connectivity index (χ0v) is 15.1. The molecule has 0 bridgehead atoms. The molecule has 0 spiro atoms. The molecular formula is C19H19F2N3O4. The molecule has 0 radical (unpaired) electrons. The first-order chi connectivity index (χ1) is 13.4. The van der Waals surface area contributed by atoms with Gasteiger partial charge in [-0.25, -0.2) is 13.6 Å². The van der Waals surface area contributed by atoms with Gasteiger partial charge < -0.3 is 15.3 Å². The number of nitrogens with one attached hydrogen (secondary N) is 1. The van der Waals surface area contributed by atoms with Crippen molar-refractivity contribution in [1.29, 1.82) is 0 Å². The Kier molecular flexibility index (Phi) is 4.52. The van der Waals surface area contributed by atoms with Crippen LogP contribution in [0.1, 0.15) is 18.9 Å². The third kappa shape index (κ3) is 3.21. The number of rotatable bonds is 5. The number of anilines is 1. The molecule has 3 unspecified atom stereocenters. The molecule has 2 aliphatic carbocycles. The summed E-state index contributed by atoms with van der Waals surface area (Å²) >= 11 is 0. The first-order valence-electron chi connectivity index (χ1n) is 8.99. The molecule has 4 atom stereocenters. The van der Waals surface area contributed by atoms with Crippen molar-refractivity contribution in [2.75, 3.05) is 18.0 Å². The van der Waals surface area contributed by atoms with Crippen molar-refractivity contribution in [3.63, 3.8) is 0 Å². The molecule has 2 amide bonds. The normalized spacial score (nSPS) is 28.3. The summed E-state index contributed by atoms with van der Waals surface area (Å²) in [6.07, 6.45) is 2.49. The fourth-order valence-corrected chi connectivity index (χ4v) is 4.08. The van der Waals surface area contributed by atoms with E-state index in [1.165, 1.54) is 13.1 Å². The van der Waals surface area contributed by atoms with Crippen LogP contribution in [0.4, 0.5) is 19.3 Å². The third-order valence-corrected chi connectivity index (χ3v) is 5.49. The lowest BCUT2D eigenvalue weighted by molar-refractivity contribution is -0.119. The van der Waals surface area contributed by atoms with Crippen molar-refractivity contribution in [2.24, 2.45) is 22.9 Å². The average Bonchev–Trinajstić information content (AvgIpc) is 2.96. The molecule has 1 aromatic carbocycles. The second-order valence-corrected chi connectivity index (χ2v) is 7.32. The molecule has 7 nitrogen and oxygen atoms in total. The van der Waals surface area contributed by atoms with Crippen molar-refractivity contribution in [1.82, 2.24) is 5.32 Å². The van der Waals surface area contributed by atoms with E-state index in [1.807, 2.05) is 6.08 Å². The molecule has 4 rings (SSSR count). The van der Waals surface area contributed by atoms with Crippen molar-refractivity contribution in [2.45, 2.75) is 19.4 Å². The molecule has 1 aromatic rings. The number of nitrogens with zero attached hydrogens (tertiary/aromatic N) is 2. The number of carbonyl (C=O) groups is 2. The third-order valence-electron chi connectivity index (χ3n) is 5.49. The summed E-state index contributed by atoms with van der Waals surface area (Å²) in [6, 6.07) is 2.25. The number of fused-ring (bicyclic) bond motifs is 1. The molecule has 28 heavy (non-hydrogen) atoms. The second-order valence-electron chi connectivity index (χ2n) is 7.32. The van der Waals surface area contributed by atoms with Gasteiger partial charge >= 0.3 is 6.09 Å². The van der Waals surface area contributed by atoms with E-state index in [1.54, 1.807) is 0 Å². The lowest BCUT2D eigenvalue weighted by atomic mass is 9.99. The lowest BCUT2D eigenvalue weighted by Crippen LogP contribution is -2.33. The standard InChI is InChI=1S/C19H19F2N3O4/c1-9(25)22-6-12-8-24(19(26)28-12)11-4-16(20)18(17(21)5-11)10-2-13-14(3-10)15(13)7-23-27/h2,4-5,7,12-15,27H,3,6,8H2,1H3,(H,22,25)/t12-,13?,14?,15?/m0/s1. The quantitative estimate of drug-likeness (QED) is 0.458. The van der Waals surface area contributed by atoms with Crippen LogP contribution >= 0.6 is 0 Å². The zero-order chi connectivity index (χ0) is 20.0. The molecule has 0 aromatic heterocycles. The van der Waals surface area contributed by atoms with Crippen LogP contribution in [0.15, 0.2) is 23.4 Å². The van der Waals surface area contributed by atoms with Gasteiger partial charge in [0.1, 0.15) is 17.7 Å². The molecule has 1 saturated heterocycles. The van der Waals surface area contributed by atoms with Crippen LogP contribution in [0.3, 0.4) is 0 Å². The highest BCUT2D eigenvalue weighted by atomic mass is 19.1. The number of ether oxygens (including phenoxy) is 1. The van der Waals surface area contributed by atoms with Crippen LogP contribution < -0.4 is 10.2 Å². The average molecular weight is 391 g/mol. The van der Waals surface area contributed by atoms with E-state index in [2.05, 4.69) is 10.5 Å². The van der Waals surface area contributed by atoms with Gasteiger partial charge in [-0.2, -0.15) is 0 Å². The monoisotopic (exact) mass is 391 g/mol. The van der Waals surface area contributed by atoms with E-state index in [0.29, 0.717) is 12.0 Å². The minimum absolute atomic E-state index is 0.0723. The van der Waals surface area contributed by atoms with E-state index >= 15 is 0 Å². The van der Waals surface area contributed by atoms with Crippen LogP contribution in [0.2, 0.25) is 0 Å². The van der Waals surface area contributed by atoms with Gasteiger partial charge in [-0.1, -0.05) is 6.08 Å². The predicted octanol–water partition coefficient (Wildman–Crippen LogP) is 2.54. The van der Waals surface area contributed by atoms with Gasteiger partial charge in [-0.3, -0.25) is 9.69 Å². The van der Waals surface area contributed by atoms with E-state index in [4.69, 9.17) is 9.94 Å². The molecule has 1 aliphatic heterocycles. The minimum atomic E-state index is -0.743. The maximum atomic E-state index is 14.7. The molecular weight excluding hydrogens is 372 g/mol. The van der Waals surface area contributed by atoms with Crippen LogP contribution in [-0.4, -0.2) is 42.6 Å². The number of halogens is 2. The maximum Gasteiger partial charge on any atom is 0.414 e. The number of benzene rings is 1. The second kappa shape index (κ2) is 6.88. The Morgan fingerprint density at radius 3 is 2.71 bits per heavy atom. The van der Waals surface area contributed by atoms with Gasteiger partial charge in [0.05, 0.1) is 18.8 Å². The summed E-state index contributed by atoms with van der Waals surface area (Å²) < 4.78 is 34.5. The Morgan fingerprint density at radius 1 is 1.43 bits per heavy atom. The highest BCUT2D eigenvalue weighted by Gasteiger charge is 2.52. The maximum absolute atomic E-state index is 14.7. The Bertz CT molecular complexity index is 878. The van der Waals surface area contributed by atoms with Crippen LogP contribution in [0.5, 0.6) is 0 Å². The van der Waals surface area contributed by atoms with E-state index in [0.717, 1.165) is 17.0 Å². The number of carbonyl (C=O) groups excluding carboxylic acids is 2. The number of hydrogen-bond donors (Lipinski definition) is 2. The lowest BCUT2D eigenvalue weighted by Gasteiger charge is -2.16. The Hall–Kier alpha value is -2.97. The van der Waals surface area contributed by atoms with Crippen molar-refractivity contribution >= 4 is 29.5 Å². The van der Waals surface area contributed by atoms with Gasteiger partial charge in [-0.15, -0.1) is 5.16 Å². The number of amides is 2. The number of oxime groups is 1. The Morgan fingerprint density at radius 2 is 2.14 bits per heavy atom. The largest absolute Gasteiger partial charge is 0.442 e.